The number of aromatic nitrogens is 1. The summed E-state index contributed by atoms with van der Waals surface area (Å²) in [6, 6.07) is 11.2. The Labute approximate surface area is 156 Å². The van der Waals surface area contributed by atoms with E-state index in [1.807, 2.05) is 6.20 Å². The monoisotopic (exact) mass is 369 g/mol. The third-order valence-electron chi connectivity index (χ3n) is 4.95. The second-order valence-corrected chi connectivity index (χ2v) is 6.94. The van der Waals surface area contributed by atoms with Crippen LogP contribution in [0.4, 0.5) is 13.6 Å². The van der Waals surface area contributed by atoms with E-state index in [9.17, 15) is 13.6 Å². The molecule has 4 nitrogen and oxygen atoms in total. The summed E-state index contributed by atoms with van der Waals surface area (Å²) in [6.45, 7) is 0.735. The molecule has 3 aromatic rings. The molecular weight excluding hydrogens is 348 g/mol. The number of carbonyl (C=O) groups is 1. The average molecular weight is 369 g/mol. The van der Waals surface area contributed by atoms with Crippen LogP contribution in [0, 0.1) is 11.6 Å². The molecular formula is C21H21F2N3O. The third-order valence-corrected chi connectivity index (χ3v) is 4.95. The molecule has 1 aliphatic rings. The lowest BCUT2D eigenvalue weighted by Gasteiger charge is -2.23. The van der Waals surface area contributed by atoms with Gasteiger partial charge in [-0.1, -0.05) is 18.2 Å². The Morgan fingerprint density at radius 1 is 1.15 bits per heavy atom. The molecule has 6 heteroatoms. The molecule has 0 radical (unpaired) electrons. The van der Waals surface area contributed by atoms with E-state index in [4.69, 9.17) is 0 Å². The number of benzene rings is 2. The van der Waals surface area contributed by atoms with Crippen molar-refractivity contribution in [2.75, 3.05) is 6.54 Å². The Balaban J connectivity index is 1.37. The van der Waals surface area contributed by atoms with Crippen LogP contribution >= 0.6 is 0 Å². The predicted molar refractivity (Wildman–Crippen MR) is 100 cm³/mol. The lowest BCUT2D eigenvalue weighted by Crippen LogP contribution is -2.41. The molecule has 0 saturated heterocycles. The zero-order valence-electron chi connectivity index (χ0n) is 14.8. The summed E-state index contributed by atoms with van der Waals surface area (Å²) in [4.78, 5) is 17.4. The Morgan fingerprint density at radius 3 is 2.74 bits per heavy atom. The number of halogens is 2. The second-order valence-electron chi connectivity index (χ2n) is 6.94. The van der Waals surface area contributed by atoms with E-state index in [1.165, 1.54) is 18.2 Å². The molecule has 1 aromatic heterocycles. The standard InChI is InChI=1S/C21H21F2N3O/c22-16-5-8-18-14(12-25-20(18)11-16)9-10-24-21(27)26(17-6-7-17)13-15-3-1-2-4-19(15)23/h1-5,8,11-12,17,25H,6-7,9-10,13H2,(H,24,27). The highest BCUT2D eigenvalue weighted by Crippen LogP contribution is 2.29. The van der Waals surface area contributed by atoms with E-state index < -0.39 is 0 Å². The molecule has 2 N–H and O–H groups in total. The van der Waals surface area contributed by atoms with Gasteiger partial charge in [-0.2, -0.15) is 0 Å². The van der Waals surface area contributed by atoms with Gasteiger partial charge in [0.05, 0.1) is 6.54 Å². The highest BCUT2D eigenvalue weighted by Gasteiger charge is 2.32. The Bertz CT molecular complexity index is 965. The van der Waals surface area contributed by atoms with Gasteiger partial charge in [0.1, 0.15) is 11.6 Å². The van der Waals surface area contributed by atoms with Gasteiger partial charge in [0.15, 0.2) is 0 Å². The zero-order valence-corrected chi connectivity index (χ0v) is 14.8. The minimum absolute atomic E-state index is 0.174. The van der Waals surface area contributed by atoms with Gasteiger partial charge in [-0.3, -0.25) is 0 Å². The minimum Gasteiger partial charge on any atom is -0.361 e. The molecule has 1 aliphatic carbocycles. The van der Waals surface area contributed by atoms with Crippen molar-refractivity contribution in [3.05, 3.63) is 71.4 Å². The quantitative estimate of drug-likeness (QED) is 0.666. The highest BCUT2D eigenvalue weighted by molar-refractivity contribution is 5.83. The van der Waals surface area contributed by atoms with Crippen molar-refractivity contribution in [1.82, 2.24) is 15.2 Å². The van der Waals surface area contributed by atoms with Crippen LogP contribution < -0.4 is 5.32 Å². The first-order valence-corrected chi connectivity index (χ1v) is 9.15. The molecule has 0 spiro atoms. The van der Waals surface area contributed by atoms with Gasteiger partial charge in [0, 0.05) is 35.2 Å². The van der Waals surface area contributed by atoms with Crippen LogP contribution in [0.1, 0.15) is 24.0 Å². The number of aromatic amines is 1. The fourth-order valence-electron chi connectivity index (χ4n) is 3.33. The number of carbonyl (C=O) groups excluding carboxylic acids is 1. The summed E-state index contributed by atoms with van der Waals surface area (Å²) in [7, 11) is 0. The molecule has 0 unspecified atom stereocenters. The van der Waals surface area contributed by atoms with Crippen molar-refractivity contribution in [2.45, 2.75) is 31.8 Å². The van der Waals surface area contributed by atoms with E-state index in [2.05, 4.69) is 10.3 Å². The lowest BCUT2D eigenvalue weighted by atomic mass is 10.1. The van der Waals surface area contributed by atoms with Crippen LogP contribution in [0.2, 0.25) is 0 Å². The van der Waals surface area contributed by atoms with Crippen LogP contribution in [-0.4, -0.2) is 28.5 Å². The fraction of sp³-hybridized carbons (Fsp3) is 0.286. The van der Waals surface area contributed by atoms with Crippen LogP contribution in [0.15, 0.2) is 48.7 Å². The SMILES string of the molecule is O=C(NCCc1c[nH]c2cc(F)ccc12)N(Cc1ccccc1F)C1CC1. The number of amides is 2. The largest absolute Gasteiger partial charge is 0.361 e. The van der Waals surface area contributed by atoms with Crippen molar-refractivity contribution in [1.29, 1.82) is 0 Å². The van der Waals surface area contributed by atoms with Gasteiger partial charge in [-0.15, -0.1) is 0 Å². The van der Waals surface area contributed by atoms with Crippen LogP contribution in [0.25, 0.3) is 10.9 Å². The van der Waals surface area contributed by atoms with E-state index in [-0.39, 0.29) is 30.3 Å². The first-order valence-electron chi connectivity index (χ1n) is 9.15. The normalized spacial score (nSPS) is 13.7. The number of hydrogen-bond acceptors (Lipinski definition) is 1. The number of nitrogens with zero attached hydrogens (tertiary/aromatic N) is 1. The van der Waals surface area contributed by atoms with E-state index >= 15 is 0 Å². The number of rotatable bonds is 6. The van der Waals surface area contributed by atoms with Gasteiger partial charge >= 0.3 is 6.03 Å². The number of H-pyrrole nitrogens is 1. The molecule has 4 rings (SSSR count). The van der Waals surface area contributed by atoms with Gasteiger partial charge in [0.25, 0.3) is 0 Å². The molecule has 140 valence electrons. The van der Waals surface area contributed by atoms with Crippen LogP contribution in [0.3, 0.4) is 0 Å². The summed E-state index contributed by atoms with van der Waals surface area (Å²) < 4.78 is 27.2. The van der Waals surface area contributed by atoms with E-state index in [0.29, 0.717) is 18.5 Å². The number of fused-ring (bicyclic) bond motifs is 1. The summed E-state index contributed by atoms with van der Waals surface area (Å²) in [5.74, 6) is -0.570. The fourth-order valence-corrected chi connectivity index (χ4v) is 3.33. The minimum atomic E-state index is -0.290. The predicted octanol–water partition coefficient (Wildman–Crippen LogP) is 4.36. The third kappa shape index (κ3) is 3.94. The van der Waals surface area contributed by atoms with Gasteiger partial charge in [-0.25, -0.2) is 13.6 Å². The van der Waals surface area contributed by atoms with Crippen molar-refractivity contribution >= 4 is 16.9 Å². The highest BCUT2D eigenvalue weighted by atomic mass is 19.1. The Morgan fingerprint density at radius 2 is 1.96 bits per heavy atom. The van der Waals surface area contributed by atoms with Gasteiger partial charge in [-0.05, 0) is 49.1 Å². The van der Waals surface area contributed by atoms with E-state index in [1.54, 1.807) is 29.2 Å². The topological polar surface area (TPSA) is 48.1 Å². The Hall–Kier alpha value is -2.89. The maximum atomic E-state index is 13.9. The number of urea groups is 1. The molecule has 0 atom stereocenters. The summed E-state index contributed by atoms with van der Waals surface area (Å²) >= 11 is 0. The Kier molecular flexibility index (Phi) is 4.79. The van der Waals surface area contributed by atoms with E-state index in [0.717, 1.165) is 29.3 Å². The summed E-state index contributed by atoms with van der Waals surface area (Å²) in [5, 5.41) is 3.89. The van der Waals surface area contributed by atoms with Crippen LogP contribution in [0.5, 0.6) is 0 Å². The molecule has 1 heterocycles. The molecule has 2 aromatic carbocycles. The molecule has 1 saturated carbocycles. The summed E-state index contributed by atoms with van der Waals surface area (Å²) in [6.07, 6.45) is 4.38. The second kappa shape index (κ2) is 7.39. The number of hydrogen-bond donors (Lipinski definition) is 2. The summed E-state index contributed by atoms with van der Waals surface area (Å²) in [5.41, 5.74) is 2.30. The molecule has 2 amide bonds. The van der Waals surface area contributed by atoms with Gasteiger partial charge < -0.3 is 15.2 Å². The average Bonchev–Trinajstić information content (AvgIpc) is 3.42. The van der Waals surface area contributed by atoms with Gasteiger partial charge in [0.2, 0.25) is 0 Å². The van der Waals surface area contributed by atoms with Crippen molar-refractivity contribution < 1.29 is 13.6 Å². The van der Waals surface area contributed by atoms with Crippen LogP contribution in [-0.2, 0) is 13.0 Å². The van der Waals surface area contributed by atoms with Crippen molar-refractivity contribution in [3.63, 3.8) is 0 Å². The smallest absolute Gasteiger partial charge is 0.317 e. The van der Waals surface area contributed by atoms with Crippen molar-refractivity contribution in [2.24, 2.45) is 0 Å². The maximum absolute atomic E-state index is 13.9. The molecule has 1 fully saturated rings. The lowest BCUT2D eigenvalue weighted by molar-refractivity contribution is 0.191. The first-order chi connectivity index (χ1) is 13.1. The number of nitrogens with one attached hydrogen (secondary N) is 2. The molecule has 0 aliphatic heterocycles. The molecule has 27 heavy (non-hydrogen) atoms. The van der Waals surface area contributed by atoms with Crippen molar-refractivity contribution in [3.8, 4) is 0 Å². The molecule has 0 bridgehead atoms. The zero-order chi connectivity index (χ0) is 18.8. The first kappa shape index (κ1) is 17.5. The maximum Gasteiger partial charge on any atom is 0.317 e.